The van der Waals surface area contributed by atoms with Crippen LogP contribution in [-0.4, -0.2) is 58.8 Å². The van der Waals surface area contributed by atoms with Gasteiger partial charge in [0.2, 0.25) is 0 Å². The van der Waals surface area contributed by atoms with E-state index in [9.17, 15) is 24.9 Å². The summed E-state index contributed by atoms with van der Waals surface area (Å²) in [6.45, 7) is 6.42. The third-order valence-corrected chi connectivity index (χ3v) is 10.2. The van der Waals surface area contributed by atoms with Crippen LogP contribution >= 0.6 is 0 Å². The first-order chi connectivity index (χ1) is 25.9. The Bertz CT molecular complexity index is 2130. The third kappa shape index (κ3) is 8.03. The number of fused-ring (bicyclic) bond motifs is 2. The van der Waals surface area contributed by atoms with Gasteiger partial charge in [-0.1, -0.05) is 37.3 Å². The molecule has 0 aliphatic carbocycles. The first kappa shape index (κ1) is 38.2. The fourth-order valence-electron chi connectivity index (χ4n) is 7.22. The number of dihydropyridines is 2. The number of aliphatic hydroxyl groups is 1. The van der Waals surface area contributed by atoms with E-state index in [1.54, 1.807) is 37.3 Å². The van der Waals surface area contributed by atoms with Gasteiger partial charge in [-0.15, -0.1) is 0 Å². The van der Waals surface area contributed by atoms with Gasteiger partial charge < -0.3 is 56.6 Å². The van der Waals surface area contributed by atoms with Crippen LogP contribution in [0, 0.1) is 0 Å². The van der Waals surface area contributed by atoms with Crippen molar-refractivity contribution in [2.75, 3.05) is 19.6 Å². The van der Waals surface area contributed by atoms with Crippen molar-refractivity contribution in [3.63, 3.8) is 0 Å². The molecule has 13 nitrogen and oxygen atoms in total. The minimum absolute atomic E-state index is 0.00484. The molecule has 4 atom stereocenters. The zero-order valence-electron chi connectivity index (χ0n) is 30.8. The van der Waals surface area contributed by atoms with E-state index in [0.29, 0.717) is 55.9 Å². The molecule has 3 aliphatic heterocycles. The predicted octanol–water partition coefficient (Wildman–Crippen LogP) is 3.62. The summed E-state index contributed by atoms with van der Waals surface area (Å²) in [5.41, 5.74) is 14.3. The summed E-state index contributed by atoms with van der Waals surface area (Å²) in [5, 5.41) is 41.9. The zero-order valence-corrected chi connectivity index (χ0v) is 30.8. The molecule has 0 fully saturated rings. The third-order valence-electron chi connectivity index (χ3n) is 10.2. The second kappa shape index (κ2) is 16.3. The number of nitrogens with one attached hydrogen (secondary N) is 3. The number of esters is 1. The standard InChI is InChI=1S/C41H49N5O8/c1-4-25(21-44-5-2)40(51)53-32-19-30-37(50)36-31(49)18-28(22-47)52-39(36)35(38(30)54-41(32,3)13-11-23-9-10-33(42)46-20-23)29(26-12-14-45-34(43)17-26)16-24-7-6-8-27(48)15-24/h4,6-10,12,15,17-18,20,29,32-33,44-48,50H,5,11,13-14,16,19,21-22,42-43H2,1-3H3. The molecule has 0 spiro atoms. The van der Waals surface area contributed by atoms with Crippen LogP contribution in [0.1, 0.15) is 62.0 Å². The van der Waals surface area contributed by atoms with Crippen LogP contribution in [0.4, 0.5) is 0 Å². The van der Waals surface area contributed by atoms with E-state index in [-0.39, 0.29) is 52.1 Å². The minimum atomic E-state index is -1.16. The summed E-state index contributed by atoms with van der Waals surface area (Å²) in [5.74, 6) is -0.681. The van der Waals surface area contributed by atoms with Crippen molar-refractivity contribution in [1.29, 1.82) is 0 Å². The Balaban J connectivity index is 1.57. The van der Waals surface area contributed by atoms with Gasteiger partial charge in [-0.2, -0.15) is 0 Å². The molecule has 10 N–H and O–H groups in total. The molecule has 4 heterocycles. The topological polar surface area (TPSA) is 215 Å². The molecule has 2 aromatic carbocycles. The first-order valence-electron chi connectivity index (χ1n) is 18.2. The number of likely N-dealkylation sites (N-methyl/N-ethyl adjacent to an activating group) is 1. The van der Waals surface area contributed by atoms with Crippen LogP contribution in [-0.2, 0) is 29.0 Å². The van der Waals surface area contributed by atoms with E-state index in [1.165, 1.54) is 0 Å². The number of aliphatic hydroxyl groups excluding tert-OH is 1. The highest BCUT2D eigenvalue weighted by Crippen LogP contribution is 2.51. The van der Waals surface area contributed by atoms with E-state index in [0.717, 1.165) is 22.8 Å². The van der Waals surface area contributed by atoms with Crippen LogP contribution in [0.25, 0.3) is 11.0 Å². The quantitative estimate of drug-likeness (QED) is 0.0931. The lowest BCUT2D eigenvalue weighted by Crippen LogP contribution is -2.52. The van der Waals surface area contributed by atoms with E-state index >= 15 is 0 Å². The van der Waals surface area contributed by atoms with Gasteiger partial charge in [-0.25, -0.2) is 4.79 Å². The molecule has 0 radical (unpaired) electrons. The predicted molar refractivity (Wildman–Crippen MR) is 205 cm³/mol. The summed E-state index contributed by atoms with van der Waals surface area (Å²) in [6, 6.07) is 8.01. The highest BCUT2D eigenvalue weighted by atomic mass is 16.6. The van der Waals surface area contributed by atoms with Crippen LogP contribution < -0.4 is 37.6 Å². The van der Waals surface area contributed by atoms with Gasteiger partial charge in [0.05, 0.1) is 12.0 Å². The Labute approximate surface area is 313 Å². The van der Waals surface area contributed by atoms with Gasteiger partial charge in [0.25, 0.3) is 0 Å². The molecule has 3 aliphatic rings. The number of nitrogens with two attached hydrogens (primary N) is 2. The first-order valence-corrected chi connectivity index (χ1v) is 18.2. The Morgan fingerprint density at radius 3 is 2.76 bits per heavy atom. The fourth-order valence-corrected chi connectivity index (χ4v) is 7.22. The molecule has 286 valence electrons. The number of hydrogen-bond acceptors (Lipinski definition) is 13. The lowest BCUT2D eigenvalue weighted by atomic mass is 9.78. The number of carbonyl (C=O) groups is 1. The summed E-state index contributed by atoms with van der Waals surface area (Å²) in [4.78, 5) is 27.5. The van der Waals surface area contributed by atoms with Gasteiger partial charge in [-0.3, -0.25) is 4.79 Å². The SMILES string of the molecule is CC=C(CNCC)C(=O)OC1Cc2c(c(C(Cc3cccc(O)c3)C3=CCNC(N)=C3)c3oc(CO)cc(=O)c3c2O)OC1(C)CCC1=CNC(N)C=C1. The fraction of sp³-hybridized carbons (Fsp3) is 0.366. The van der Waals surface area contributed by atoms with E-state index in [4.69, 9.17) is 25.4 Å². The monoisotopic (exact) mass is 739 g/mol. The largest absolute Gasteiger partial charge is 0.508 e. The summed E-state index contributed by atoms with van der Waals surface area (Å²) in [6.07, 6.45) is 11.1. The second-order valence-electron chi connectivity index (χ2n) is 14.0. The van der Waals surface area contributed by atoms with Crippen LogP contribution in [0.3, 0.4) is 0 Å². The Morgan fingerprint density at radius 1 is 1.26 bits per heavy atom. The van der Waals surface area contributed by atoms with E-state index < -0.39 is 35.6 Å². The van der Waals surface area contributed by atoms with Crippen molar-refractivity contribution < 1.29 is 34.0 Å². The molecule has 0 amide bonds. The van der Waals surface area contributed by atoms with E-state index in [2.05, 4.69) is 16.0 Å². The van der Waals surface area contributed by atoms with Crippen molar-refractivity contribution in [2.45, 2.75) is 76.9 Å². The molecule has 0 bridgehead atoms. The number of allylic oxidation sites excluding steroid dienone is 5. The second-order valence-corrected chi connectivity index (χ2v) is 14.0. The normalized spacial score (nSPS) is 21.5. The number of rotatable bonds is 13. The number of benzene rings is 2. The molecule has 0 saturated heterocycles. The van der Waals surface area contributed by atoms with Gasteiger partial charge in [0, 0.05) is 54.4 Å². The summed E-state index contributed by atoms with van der Waals surface area (Å²) < 4.78 is 19.6. The maximum absolute atomic E-state index is 13.8. The van der Waals surface area contributed by atoms with Crippen LogP contribution in [0.15, 0.2) is 98.7 Å². The van der Waals surface area contributed by atoms with Gasteiger partial charge >= 0.3 is 5.97 Å². The number of ether oxygens (including phenoxy) is 2. The highest BCUT2D eigenvalue weighted by Gasteiger charge is 2.47. The van der Waals surface area contributed by atoms with Crippen molar-refractivity contribution in [1.82, 2.24) is 16.0 Å². The number of phenols is 2. The van der Waals surface area contributed by atoms with Crippen molar-refractivity contribution in [3.8, 4) is 17.2 Å². The Hall–Kier alpha value is -5.50. The van der Waals surface area contributed by atoms with Crippen LogP contribution in [0.5, 0.6) is 17.2 Å². The number of phenolic OH excluding ortho intramolecular Hbond substituents is 2. The average molecular weight is 740 g/mol. The minimum Gasteiger partial charge on any atom is -0.508 e. The molecule has 4 unspecified atom stereocenters. The molecule has 1 aromatic heterocycles. The Kier molecular flexibility index (Phi) is 11.5. The molecule has 13 heteroatoms. The lowest BCUT2D eigenvalue weighted by Gasteiger charge is -2.43. The molecule has 3 aromatic rings. The van der Waals surface area contributed by atoms with E-state index in [1.807, 2.05) is 44.3 Å². The van der Waals surface area contributed by atoms with Gasteiger partial charge in [0.15, 0.2) is 5.43 Å². The van der Waals surface area contributed by atoms with Crippen molar-refractivity contribution >= 4 is 16.9 Å². The lowest BCUT2D eigenvalue weighted by molar-refractivity contribution is -0.159. The molecule has 6 rings (SSSR count). The van der Waals surface area contributed by atoms with Gasteiger partial charge in [0.1, 0.15) is 52.3 Å². The number of hydrogen-bond donors (Lipinski definition) is 8. The Morgan fingerprint density at radius 2 is 2.07 bits per heavy atom. The summed E-state index contributed by atoms with van der Waals surface area (Å²) >= 11 is 0. The smallest absolute Gasteiger partial charge is 0.335 e. The average Bonchev–Trinajstić information content (AvgIpc) is 3.15. The number of carbonyl (C=O) groups excluding carboxylic acids is 1. The maximum Gasteiger partial charge on any atom is 0.335 e. The van der Waals surface area contributed by atoms with Gasteiger partial charge in [-0.05, 0) is 80.6 Å². The molecule has 54 heavy (non-hydrogen) atoms. The van der Waals surface area contributed by atoms with Crippen LogP contribution in [0.2, 0.25) is 0 Å². The highest BCUT2D eigenvalue weighted by molar-refractivity contribution is 5.92. The molecule has 0 saturated carbocycles. The van der Waals surface area contributed by atoms with Crippen molar-refractivity contribution in [3.05, 3.63) is 122 Å². The maximum atomic E-state index is 13.8. The molecular weight excluding hydrogens is 690 g/mol. The molecular formula is C41H49N5O8. The number of aromatic hydroxyl groups is 2. The summed E-state index contributed by atoms with van der Waals surface area (Å²) in [7, 11) is 0. The zero-order chi connectivity index (χ0) is 38.6. The van der Waals surface area contributed by atoms with Crippen molar-refractivity contribution in [2.24, 2.45) is 11.5 Å².